The van der Waals surface area contributed by atoms with Crippen LogP contribution in [0, 0.1) is 0 Å². The van der Waals surface area contributed by atoms with E-state index in [1.54, 1.807) is 0 Å². The van der Waals surface area contributed by atoms with Crippen molar-refractivity contribution in [1.29, 1.82) is 0 Å². The van der Waals surface area contributed by atoms with E-state index in [1.807, 2.05) is 36.4 Å². The Bertz CT molecular complexity index is 1110. The molecule has 0 bridgehead atoms. The summed E-state index contributed by atoms with van der Waals surface area (Å²) in [6.45, 7) is 3.09. The lowest BCUT2D eigenvalue weighted by atomic mass is 9.88. The molecule has 1 unspecified atom stereocenters. The standard InChI is InChI=1S/C32H46N6O4/c1-24(39)35-19-21-38(23-30(33)40)32(42)29(16-15-27-14-9-20-37(27)2)36-31(41)22-34-18-17-28(25-10-5-3-6-11-25)26-12-7-4-8-13-26/h3-8,10-13,27-29,34H,9,14-23H2,1-2H3,(H2,33,40)(H,35,39)(H,36,41)/t27-,29?/m1/s1. The van der Waals surface area contributed by atoms with Crippen LogP contribution >= 0.6 is 0 Å². The lowest BCUT2D eigenvalue weighted by Crippen LogP contribution is -2.53. The average Bonchev–Trinajstić information content (AvgIpc) is 3.39. The fourth-order valence-corrected chi connectivity index (χ4v) is 5.59. The van der Waals surface area contributed by atoms with Crippen LogP contribution in [0.1, 0.15) is 56.1 Å². The van der Waals surface area contributed by atoms with Gasteiger partial charge in [0.05, 0.1) is 13.1 Å². The fraction of sp³-hybridized carbons (Fsp3) is 0.500. The number of nitrogens with one attached hydrogen (secondary N) is 3. The Morgan fingerprint density at radius 1 is 0.976 bits per heavy atom. The maximum atomic E-state index is 13.6. The van der Waals surface area contributed by atoms with E-state index in [0.29, 0.717) is 19.0 Å². The lowest BCUT2D eigenvalue weighted by molar-refractivity contribution is -0.139. The molecule has 1 fully saturated rings. The van der Waals surface area contributed by atoms with E-state index in [-0.39, 0.29) is 49.8 Å². The first-order chi connectivity index (χ1) is 20.2. The molecule has 42 heavy (non-hydrogen) atoms. The number of hydrogen-bond donors (Lipinski definition) is 4. The molecule has 2 aromatic rings. The largest absolute Gasteiger partial charge is 0.368 e. The molecule has 0 radical (unpaired) electrons. The van der Waals surface area contributed by atoms with Crippen molar-refractivity contribution in [2.75, 3.05) is 46.3 Å². The summed E-state index contributed by atoms with van der Waals surface area (Å²) in [5.74, 6) is -1.36. The number of nitrogens with zero attached hydrogens (tertiary/aromatic N) is 2. The van der Waals surface area contributed by atoms with E-state index in [1.165, 1.54) is 23.0 Å². The lowest BCUT2D eigenvalue weighted by Gasteiger charge is -2.29. The second kappa shape index (κ2) is 17.3. The minimum atomic E-state index is -0.800. The van der Waals surface area contributed by atoms with Crippen molar-refractivity contribution >= 4 is 23.6 Å². The van der Waals surface area contributed by atoms with Crippen LogP contribution in [0.3, 0.4) is 0 Å². The van der Waals surface area contributed by atoms with Crippen molar-refractivity contribution in [3.63, 3.8) is 0 Å². The topological polar surface area (TPSA) is 137 Å². The SMILES string of the molecule is CC(=O)NCCN(CC(N)=O)C(=O)C(CC[C@H]1CCCN1C)NC(=O)CNCCC(c1ccccc1)c1ccccc1. The molecule has 2 atom stereocenters. The number of likely N-dealkylation sites (tertiary alicyclic amines) is 1. The number of hydrogen-bond acceptors (Lipinski definition) is 6. The summed E-state index contributed by atoms with van der Waals surface area (Å²) in [5, 5.41) is 8.80. The molecule has 0 saturated carbocycles. The Morgan fingerprint density at radius 2 is 1.62 bits per heavy atom. The van der Waals surface area contributed by atoms with Crippen LogP contribution in [0.4, 0.5) is 0 Å². The van der Waals surface area contributed by atoms with Gasteiger partial charge in [-0.05, 0) is 63.4 Å². The van der Waals surface area contributed by atoms with E-state index in [4.69, 9.17) is 5.73 Å². The smallest absolute Gasteiger partial charge is 0.245 e. The summed E-state index contributed by atoms with van der Waals surface area (Å²) in [7, 11) is 2.07. The summed E-state index contributed by atoms with van der Waals surface area (Å²) < 4.78 is 0. The van der Waals surface area contributed by atoms with Gasteiger partial charge in [0.15, 0.2) is 0 Å². The molecule has 1 saturated heterocycles. The molecule has 0 spiro atoms. The maximum absolute atomic E-state index is 13.6. The first kappa shape index (κ1) is 32.8. The molecule has 228 valence electrons. The zero-order valence-corrected chi connectivity index (χ0v) is 24.9. The van der Waals surface area contributed by atoms with E-state index in [0.717, 1.165) is 32.2 Å². The summed E-state index contributed by atoms with van der Waals surface area (Å²) in [6.07, 6.45) is 4.14. The molecule has 1 aliphatic rings. The minimum absolute atomic E-state index is 0.0606. The Hall–Kier alpha value is -3.76. The molecular weight excluding hydrogens is 532 g/mol. The molecule has 4 amide bonds. The molecule has 1 aliphatic heterocycles. The quantitative estimate of drug-likeness (QED) is 0.211. The summed E-state index contributed by atoms with van der Waals surface area (Å²) in [5.41, 5.74) is 7.85. The minimum Gasteiger partial charge on any atom is -0.368 e. The van der Waals surface area contributed by atoms with Crippen LogP contribution in [0.5, 0.6) is 0 Å². The second-order valence-electron chi connectivity index (χ2n) is 11.0. The zero-order chi connectivity index (χ0) is 30.3. The van der Waals surface area contributed by atoms with Crippen LogP contribution in [0.15, 0.2) is 60.7 Å². The van der Waals surface area contributed by atoms with Crippen LogP contribution in [0.25, 0.3) is 0 Å². The van der Waals surface area contributed by atoms with Gasteiger partial charge in [-0.15, -0.1) is 0 Å². The molecule has 10 heteroatoms. The van der Waals surface area contributed by atoms with Crippen LogP contribution in [-0.2, 0) is 19.2 Å². The number of nitrogens with two attached hydrogens (primary N) is 1. The summed E-state index contributed by atoms with van der Waals surface area (Å²) in [6, 6.07) is 20.1. The molecule has 2 aromatic carbocycles. The number of amides is 4. The Morgan fingerprint density at radius 3 is 2.17 bits per heavy atom. The van der Waals surface area contributed by atoms with Gasteiger partial charge < -0.3 is 31.5 Å². The van der Waals surface area contributed by atoms with Crippen molar-refractivity contribution in [3.8, 4) is 0 Å². The van der Waals surface area contributed by atoms with E-state index in [2.05, 4.69) is 52.2 Å². The first-order valence-corrected chi connectivity index (χ1v) is 14.9. The molecule has 3 rings (SSSR count). The Labute approximate surface area is 249 Å². The van der Waals surface area contributed by atoms with E-state index in [9.17, 15) is 19.2 Å². The Kier molecular flexibility index (Phi) is 13.5. The van der Waals surface area contributed by atoms with Crippen LogP contribution in [0.2, 0.25) is 0 Å². The van der Waals surface area contributed by atoms with Gasteiger partial charge in [0.1, 0.15) is 6.04 Å². The normalized spacial score (nSPS) is 15.7. The van der Waals surface area contributed by atoms with Crippen LogP contribution < -0.4 is 21.7 Å². The van der Waals surface area contributed by atoms with Gasteiger partial charge >= 0.3 is 0 Å². The van der Waals surface area contributed by atoms with Crippen molar-refractivity contribution in [2.24, 2.45) is 5.73 Å². The van der Waals surface area contributed by atoms with E-state index >= 15 is 0 Å². The van der Waals surface area contributed by atoms with Gasteiger partial charge in [-0.2, -0.15) is 0 Å². The molecule has 0 aliphatic carbocycles. The predicted octanol–water partition coefficient (Wildman–Crippen LogP) is 1.61. The second-order valence-corrected chi connectivity index (χ2v) is 11.0. The number of rotatable bonds is 17. The molecule has 5 N–H and O–H groups in total. The number of carbonyl (C=O) groups is 4. The molecule has 10 nitrogen and oxygen atoms in total. The van der Waals surface area contributed by atoms with Gasteiger partial charge in [-0.25, -0.2) is 0 Å². The molecular formula is C32H46N6O4. The Balaban J connectivity index is 1.60. The first-order valence-electron chi connectivity index (χ1n) is 14.9. The molecule has 1 heterocycles. The van der Waals surface area contributed by atoms with Crippen LogP contribution in [-0.4, -0.2) is 91.8 Å². The summed E-state index contributed by atoms with van der Waals surface area (Å²) in [4.78, 5) is 53.3. The van der Waals surface area contributed by atoms with Gasteiger partial charge in [0.25, 0.3) is 0 Å². The number of carbonyl (C=O) groups excluding carboxylic acids is 4. The van der Waals surface area contributed by atoms with E-state index < -0.39 is 11.9 Å². The molecule has 0 aromatic heterocycles. The highest BCUT2D eigenvalue weighted by Gasteiger charge is 2.29. The van der Waals surface area contributed by atoms with Gasteiger partial charge in [-0.3, -0.25) is 19.2 Å². The van der Waals surface area contributed by atoms with Crippen molar-refractivity contribution in [1.82, 2.24) is 25.8 Å². The highest BCUT2D eigenvalue weighted by Crippen LogP contribution is 2.27. The van der Waals surface area contributed by atoms with Gasteiger partial charge in [0, 0.05) is 32.0 Å². The highest BCUT2D eigenvalue weighted by atomic mass is 16.2. The van der Waals surface area contributed by atoms with Gasteiger partial charge in [-0.1, -0.05) is 60.7 Å². The number of primary amides is 1. The van der Waals surface area contributed by atoms with Crippen molar-refractivity contribution in [3.05, 3.63) is 71.8 Å². The monoisotopic (exact) mass is 578 g/mol. The third kappa shape index (κ3) is 10.9. The third-order valence-corrected chi connectivity index (χ3v) is 7.81. The number of benzene rings is 2. The highest BCUT2D eigenvalue weighted by molar-refractivity contribution is 5.90. The predicted molar refractivity (Wildman–Crippen MR) is 163 cm³/mol. The summed E-state index contributed by atoms with van der Waals surface area (Å²) >= 11 is 0. The average molecular weight is 579 g/mol. The van der Waals surface area contributed by atoms with Crippen molar-refractivity contribution < 1.29 is 19.2 Å². The fourth-order valence-electron chi connectivity index (χ4n) is 5.59. The zero-order valence-electron chi connectivity index (χ0n) is 24.9. The third-order valence-electron chi connectivity index (χ3n) is 7.81. The van der Waals surface area contributed by atoms with Gasteiger partial charge in [0.2, 0.25) is 23.6 Å². The maximum Gasteiger partial charge on any atom is 0.245 e. The van der Waals surface area contributed by atoms with Crippen molar-refractivity contribution in [2.45, 2.75) is 57.0 Å².